The zero-order valence-electron chi connectivity index (χ0n) is 11.7. The molecule has 1 amide bonds. The molecule has 0 heterocycles. The number of carboxylic acids is 1. The lowest BCUT2D eigenvalue weighted by Crippen LogP contribution is -2.40. The van der Waals surface area contributed by atoms with E-state index >= 15 is 0 Å². The van der Waals surface area contributed by atoms with Crippen LogP contribution in [0.3, 0.4) is 0 Å². The predicted molar refractivity (Wildman–Crippen MR) is 74.9 cm³/mol. The zero-order valence-corrected chi connectivity index (χ0v) is 11.7. The van der Waals surface area contributed by atoms with E-state index in [1.54, 1.807) is 19.9 Å². The summed E-state index contributed by atoms with van der Waals surface area (Å²) in [5.74, 6) is -1.60. The van der Waals surface area contributed by atoms with E-state index in [1.807, 2.05) is 0 Å². The van der Waals surface area contributed by atoms with Gasteiger partial charge in [-0.2, -0.15) is 0 Å². The lowest BCUT2D eigenvalue weighted by Gasteiger charge is -2.22. The number of carboxylic acid groups (broad SMARTS) is 1. The van der Waals surface area contributed by atoms with Crippen molar-refractivity contribution in [1.82, 2.24) is 0 Å². The molecule has 0 aromatic heterocycles. The maximum absolute atomic E-state index is 12.2. The summed E-state index contributed by atoms with van der Waals surface area (Å²) in [5, 5.41) is 22.1. The summed E-state index contributed by atoms with van der Waals surface area (Å²) in [4.78, 5) is 23.5. The van der Waals surface area contributed by atoms with Crippen molar-refractivity contribution in [2.24, 2.45) is 0 Å². The summed E-state index contributed by atoms with van der Waals surface area (Å²) < 4.78 is 0. The van der Waals surface area contributed by atoms with Crippen molar-refractivity contribution in [3.05, 3.63) is 28.8 Å². The standard InChI is InChI=1S/C15H19NO4/c1-9-7-10(2)12(11(8-9)13(17)18)16-14(19)15(20)5-3-4-6-15/h7-8,20H,3-6H2,1-2H3,(H,16,19)(H,17,18). The third-order valence-electron chi connectivity index (χ3n) is 3.80. The second kappa shape index (κ2) is 5.25. The van der Waals surface area contributed by atoms with Crippen LogP contribution < -0.4 is 5.32 Å². The van der Waals surface area contributed by atoms with E-state index in [1.165, 1.54) is 6.07 Å². The van der Waals surface area contributed by atoms with E-state index in [0.717, 1.165) is 18.4 Å². The minimum atomic E-state index is -1.37. The van der Waals surface area contributed by atoms with Crippen molar-refractivity contribution < 1.29 is 19.8 Å². The summed E-state index contributed by atoms with van der Waals surface area (Å²) in [6.45, 7) is 3.54. The Bertz CT molecular complexity index is 559. The van der Waals surface area contributed by atoms with Gasteiger partial charge in [0, 0.05) is 0 Å². The molecule has 0 saturated heterocycles. The summed E-state index contributed by atoms with van der Waals surface area (Å²) in [7, 11) is 0. The molecule has 2 rings (SSSR count). The molecule has 0 radical (unpaired) electrons. The summed E-state index contributed by atoms with van der Waals surface area (Å²) in [5.41, 5.74) is 0.452. The first kappa shape index (κ1) is 14.5. The average molecular weight is 277 g/mol. The highest BCUT2D eigenvalue weighted by molar-refractivity contribution is 6.04. The van der Waals surface area contributed by atoms with E-state index in [-0.39, 0.29) is 11.3 Å². The highest BCUT2D eigenvalue weighted by atomic mass is 16.4. The number of anilines is 1. The van der Waals surface area contributed by atoms with Gasteiger partial charge in [0.2, 0.25) is 0 Å². The number of hydrogen-bond donors (Lipinski definition) is 3. The van der Waals surface area contributed by atoms with E-state index < -0.39 is 17.5 Å². The first-order valence-electron chi connectivity index (χ1n) is 6.72. The molecule has 1 aromatic carbocycles. The van der Waals surface area contributed by atoms with Crippen LogP contribution in [0.4, 0.5) is 5.69 Å². The highest BCUT2D eigenvalue weighted by Gasteiger charge is 2.39. The maximum atomic E-state index is 12.2. The second-order valence-corrected chi connectivity index (χ2v) is 5.50. The van der Waals surface area contributed by atoms with Gasteiger partial charge in [0.1, 0.15) is 5.60 Å². The van der Waals surface area contributed by atoms with Crippen LogP contribution >= 0.6 is 0 Å². The highest BCUT2D eigenvalue weighted by Crippen LogP contribution is 2.32. The molecule has 3 N–H and O–H groups in total. The van der Waals surface area contributed by atoms with Crippen LogP contribution in [-0.4, -0.2) is 27.7 Å². The monoisotopic (exact) mass is 277 g/mol. The Morgan fingerprint density at radius 2 is 1.80 bits per heavy atom. The first-order chi connectivity index (χ1) is 9.33. The molecule has 5 heteroatoms. The number of aromatic carboxylic acids is 1. The van der Waals surface area contributed by atoms with Gasteiger partial charge in [0.15, 0.2) is 0 Å². The van der Waals surface area contributed by atoms with Crippen molar-refractivity contribution >= 4 is 17.6 Å². The average Bonchev–Trinajstić information content (AvgIpc) is 2.80. The molecule has 0 atom stereocenters. The van der Waals surface area contributed by atoms with Crippen LogP contribution in [0.1, 0.15) is 47.2 Å². The number of nitrogens with one attached hydrogen (secondary N) is 1. The number of carbonyl (C=O) groups excluding carboxylic acids is 1. The van der Waals surface area contributed by atoms with E-state index in [4.69, 9.17) is 0 Å². The predicted octanol–water partition coefficient (Wildman–Crippen LogP) is 2.25. The smallest absolute Gasteiger partial charge is 0.337 e. The second-order valence-electron chi connectivity index (χ2n) is 5.50. The van der Waals surface area contributed by atoms with Gasteiger partial charge in [0.25, 0.3) is 5.91 Å². The molecule has 0 bridgehead atoms. The largest absolute Gasteiger partial charge is 0.478 e. The quantitative estimate of drug-likeness (QED) is 0.790. The molecular formula is C15H19NO4. The zero-order chi connectivity index (χ0) is 14.9. The number of aliphatic hydroxyl groups is 1. The molecule has 1 aromatic rings. The van der Waals surface area contributed by atoms with Gasteiger partial charge in [0.05, 0.1) is 11.3 Å². The Balaban J connectivity index is 2.33. The van der Waals surface area contributed by atoms with Crippen molar-refractivity contribution in [1.29, 1.82) is 0 Å². The third kappa shape index (κ3) is 2.67. The Morgan fingerprint density at radius 1 is 1.20 bits per heavy atom. The Kier molecular flexibility index (Phi) is 3.81. The number of carbonyl (C=O) groups is 2. The normalized spacial score (nSPS) is 16.9. The summed E-state index contributed by atoms with van der Waals surface area (Å²) >= 11 is 0. The molecular weight excluding hydrogens is 258 g/mol. The molecule has 0 spiro atoms. The Labute approximate surface area is 117 Å². The van der Waals surface area contributed by atoms with Gasteiger partial charge >= 0.3 is 5.97 Å². The van der Waals surface area contributed by atoms with Gasteiger partial charge in [-0.3, -0.25) is 4.79 Å². The fraction of sp³-hybridized carbons (Fsp3) is 0.467. The van der Waals surface area contributed by atoms with E-state index in [9.17, 15) is 19.8 Å². The van der Waals surface area contributed by atoms with Crippen molar-refractivity contribution in [3.8, 4) is 0 Å². The molecule has 108 valence electrons. The Hall–Kier alpha value is -1.88. The molecule has 1 fully saturated rings. The third-order valence-corrected chi connectivity index (χ3v) is 3.80. The van der Waals surface area contributed by atoms with E-state index in [0.29, 0.717) is 18.4 Å². The van der Waals surface area contributed by atoms with Gasteiger partial charge in [-0.15, -0.1) is 0 Å². The van der Waals surface area contributed by atoms with Crippen LogP contribution in [-0.2, 0) is 4.79 Å². The van der Waals surface area contributed by atoms with E-state index in [2.05, 4.69) is 5.32 Å². The van der Waals surface area contributed by atoms with Crippen molar-refractivity contribution in [2.75, 3.05) is 5.32 Å². The first-order valence-corrected chi connectivity index (χ1v) is 6.72. The molecule has 5 nitrogen and oxygen atoms in total. The summed E-state index contributed by atoms with van der Waals surface area (Å²) in [6, 6.07) is 3.32. The van der Waals surface area contributed by atoms with Gasteiger partial charge < -0.3 is 15.5 Å². The topological polar surface area (TPSA) is 86.6 Å². The van der Waals surface area contributed by atoms with Gasteiger partial charge in [-0.1, -0.05) is 6.07 Å². The van der Waals surface area contributed by atoms with Crippen molar-refractivity contribution in [2.45, 2.75) is 45.1 Å². The SMILES string of the molecule is Cc1cc(C)c(NC(=O)C2(O)CCCC2)c(C(=O)O)c1. The summed E-state index contributed by atoms with van der Waals surface area (Å²) in [6.07, 6.45) is 2.46. The molecule has 1 aliphatic rings. The molecule has 0 unspecified atom stereocenters. The fourth-order valence-electron chi connectivity index (χ4n) is 2.72. The molecule has 0 aliphatic heterocycles. The van der Waals surface area contributed by atoms with Crippen LogP contribution in [0.5, 0.6) is 0 Å². The number of amides is 1. The van der Waals surface area contributed by atoms with Gasteiger partial charge in [-0.05, 0) is 56.7 Å². The maximum Gasteiger partial charge on any atom is 0.337 e. The molecule has 1 saturated carbocycles. The van der Waals surface area contributed by atoms with Crippen LogP contribution in [0.2, 0.25) is 0 Å². The molecule has 20 heavy (non-hydrogen) atoms. The number of benzene rings is 1. The van der Waals surface area contributed by atoms with Crippen LogP contribution in [0.25, 0.3) is 0 Å². The van der Waals surface area contributed by atoms with Crippen molar-refractivity contribution in [3.63, 3.8) is 0 Å². The lowest BCUT2D eigenvalue weighted by atomic mass is 9.99. The van der Waals surface area contributed by atoms with Crippen LogP contribution in [0.15, 0.2) is 12.1 Å². The number of hydrogen-bond acceptors (Lipinski definition) is 3. The fourth-order valence-corrected chi connectivity index (χ4v) is 2.72. The lowest BCUT2D eigenvalue weighted by molar-refractivity contribution is -0.133. The minimum Gasteiger partial charge on any atom is -0.478 e. The number of rotatable bonds is 3. The Morgan fingerprint density at radius 3 is 2.35 bits per heavy atom. The minimum absolute atomic E-state index is 0.0532. The molecule has 1 aliphatic carbocycles. The number of aryl methyl sites for hydroxylation is 2. The van der Waals surface area contributed by atoms with Gasteiger partial charge in [-0.25, -0.2) is 4.79 Å². The van der Waals surface area contributed by atoms with Crippen LogP contribution in [0, 0.1) is 13.8 Å².